The Kier molecular flexibility index (Phi) is 7.83. The van der Waals surface area contributed by atoms with Crippen LogP contribution in [0.2, 0.25) is 0 Å². The van der Waals surface area contributed by atoms with Gasteiger partial charge in [0.05, 0.1) is 4.47 Å². The number of carbonyl (C=O) groups is 2. The zero-order valence-electron chi connectivity index (χ0n) is 19.1. The predicted molar refractivity (Wildman–Crippen MR) is 134 cm³/mol. The molecule has 0 aromatic heterocycles. The van der Waals surface area contributed by atoms with E-state index in [0.717, 1.165) is 40.9 Å². The molecule has 1 fully saturated rings. The van der Waals surface area contributed by atoms with Crippen LogP contribution in [-0.2, 0) is 16.1 Å². The molecule has 0 unspecified atom stereocenters. The first-order chi connectivity index (χ1) is 16.4. The van der Waals surface area contributed by atoms with Crippen LogP contribution in [0, 0.1) is 5.82 Å². The fourth-order valence-electron chi connectivity index (χ4n) is 4.33. The highest BCUT2D eigenvalue weighted by atomic mass is 79.9. The third kappa shape index (κ3) is 5.58. The van der Waals surface area contributed by atoms with Crippen molar-refractivity contribution in [2.75, 3.05) is 6.61 Å². The Balaban J connectivity index is 1.51. The fraction of sp³-hybridized carbons (Fsp3) is 0.333. The SMILES string of the molecule is C[C@@H](C(=O)NC1CCCC1)N(Cc1ccccc1F)C(=O)COc1ccc2ccccc2c1Br. The maximum Gasteiger partial charge on any atom is 0.261 e. The molecular formula is C27H28BrFN2O3. The van der Waals surface area contributed by atoms with Gasteiger partial charge in [-0.25, -0.2) is 4.39 Å². The van der Waals surface area contributed by atoms with Crippen LogP contribution in [0.15, 0.2) is 65.1 Å². The molecule has 1 atom stereocenters. The number of ether oxygens (including phenoxy) is 1. The molecule has 3 aromatic carbocycles. The number of amides is 2. The Hall–Kier alpha value is -2.93. The van der Waals surface area contributed by atoms with Crippen LogP contribution < -0.4 is 10.1 Å². The van der Waals surface area contributed by atoms with Crippen molar-refractivity contribution in [3.63, 3.8) is 0 Å². The minimum atomic E-state index is -0.767. The Morgan fingerprint density at radius 3 is 2.56 bits per heavy atom. The molecule has 34 heavy (non-hydrogen) atoms. The molecule has 178 valence electrons. The van der Waals surface area contributed by atoms with Gasteiger partial charge in [-0.1, -0.05) is 61.4 Å². The number of carbonyl (C=O) groups excluding carboxylic acids is 2. The van der Waals surface area contributed by atoms with E-state index < -0.39 is 17.8 Å². The molecule has 0 bridgehead atoms. The predicted octanol–water partition coefficient (Wildman–Crippen LogP) is 5.60. The van der Waals surface area contributed by atoms with E-state index in [4.69, 9.17) is 4.74 Å². The van der Waals surface area contributed by atoms with Crippen molar-refractivity contribution in [1.82, 2.24) is 10.2 Å². The summed E-state index contributed by atoms with van der Waals surface area (Å²) in [5, 5.41) is 5.06. The molecule has 1 aliphatic rings. The average Bonchev–Trinajstić information content (AvgIpc) is 3.36. The van der Waals surface area contributed by atoms with Crippen molar-refractivity contribution in [1.29, 1.82) is 0 Å². The number of hydrogen-bond donors (Lipinski definition) is 1. The molecule has 1 aliphatic carbocycles. The molecule has 2 amide bonds. The van der Waals surface area contributed by atoms with Crippen molar-refractivity contribution in [2.24, 2.45) is 0 Å². The smallest absolute Gasteiger partial charge is 0.261 e. The lowest BCUT2D eigenvalue weighted by Gasteiger charge is -2.30. The monoisotopic (exact) mass is 526 g/mol. The lowest BCUT2D eigenvalue weighted by Crippen LogP contribution is -2.50. The maximum atomic E-state index is 14.4. The summed E-state index contributed by atoms with van der Waals surface area (Å²) in [5.74, 6) is -0.510. The Morgan fingerprint density at radius 2 is 1.79 bits per heavy atom. The van der Waals surface area contributed by atoms with Gasteiger partial charge < -0.3 is 15.0 Å². The van der Waals surface area contributed by atoms with E-state index in [1.165, 1.54) is 11.0 Å². The number of halogens is 2. The molecule has 5 nitrogen and oxygen atoms in total. The molecule has 1 saturated carbocycles. The first-order valence-electron chi connectivity index (χ1n) is 11.6. The van der Waals surface area contributed by atoms with E-state index in [-0.39, 0.29) is 25.1 Å². The van der Waals surface area contributed by atoms with Crippen LogP contribution in [0.3, 0.4) is 0 Å². The second kappa shape index (κ2) is 11.0. The molecule has 1 N–H and O–H groups in total. The van der Waals surface area contributed by atoms with E-state index in [1.54, 1.807) is 31.2 Å². The van der Waals surface area contributed by atoms with E-state index in [1.807, 2.05) is 30.3 Å². The molecule has 0 aliphatic heterocycles. The summed E-state index contributed by atoms with van der Waals surface area (Å²) in [6.45, 7) is 1.38. The lowest BCUT2D eigenvalue weighted by molar-refractivity contribution is -0.142. The van der Waals surface area contributed by atoms with Crippen LogP contribution in [0.5, 0.6) is 5.75 Å². The highest BCUT2D eigenvalue weighted by Gasteiger charge is 2.29. The van der Waals surface area contributed by atoms with Crippen molar-refractivity contribution in [3.8, 4) is 5.75 Å². The number of nitrogens with one attached hydrogen (secondary N) is 1. The van der Waals surface area contributed by atoms with Gasteiger partial charge in [0, 0.05) is 18.2 Å². The first-order valence-corrected chi connectivity index (χ1v) is 12.4. The van der Waals surface area contributed by atoms with Gasteiger partial charge in [0.25, 0.3) is 5.91 Å². The van der Waals surface area contributed by atoms with Crippen molar-refractivity contribution in [2.45, 2.75) is 51.2 Å². The van der Waals surface area contributed by atoms with Crippen LogP contribution in [-0.4, -0.2) is 35.4 Å². The summed E-state index contributed by atoms with van der Waals surface area (Å²) in [6.07, 6.45) is 4.06. The van der Waals surface area contributed by atoms with Crippen molar-refractivity contribution < 1.29 is 18.7 Å². The second-order valence-electron chi connectivity index (χ2n) is 8.67. The zero-order chi connectivity index (χ0) is 24.1. The van der Waals surface area contributed by atoms with Crippen LogP contribution in [0.4, 0.5) is 4.39 Å². The maximum absolute atomic E-state index is 14.4. The van der Waals surface area contributed by atoms with Crippen LogP contribution in [0.1, 0.15) is 38.2 Å². The molecule has 0 saturated heterocycles. The molecule has 0 radical (unpaired) electrons. The summed E-state index contributed by atoms with van der Waals surface area (Å²) in [7, 11) is 0. The summed E-state index contributed by atoms with van der Waals surface area (Å²) in [6, 6.07) is 17.2. The minimum Gasteiger partial charge on any atom is -0.483 e. The zero-order valence-corrected chi connectivity index (χ0v) is 20.7. The number of benzene rings is 3. The Morgan fingerprint density at radius 1 is 1.09 bits per heavy atom. The first kappa shape index (κ1) is 24.2. The van der Waals surface area contributed by atoms with Gasteiger partial charge in [-0.15, -0.1) is 0 Å². The fourth-order valence-corrected chi connectivity index (χ4v) is 4.94. The third-order valence-corrected chi connectivity index (χ3v) is 7.16. The highest BCUT2D eigenvalue weighted by molar-refractivity contribution is 9.10. The molecule has 3 aromatic rings. The van der Waals surface area contributed by atoms with Crippen molar-refractivity contribution in [3.05, 3.63) is 76.5 Å². The topological polar surface area (TPSA) is 58.6 Å². The standard InChI is InChI=1S/C27H28BrFN2O3/c1-18(27(33)30-21-10-4-5-11-21)31(16-20-9-3-7-13-23(20)29)25(32)17-34-24-15-14-19-8-2-6-12-22(19)26(24)28/h2-3,6-9,12-15,18,21H,4-5,10-11,16-17H2,1H3,(H,30,33)/t18-/m0/s1. The molecular weight excluding hydrogens is 499 g/mol. The summed E-state index contributed by atoms with van der Waals surface area (Å²) >= 11 is 3.57. The number of fused-ring (bicyclic) bond motifs is 1. The van der Waals surface area contributed by atoms with Gasteiger partial charge in [-0.05, 0) is 58.6 Å². The lowest BCUT2D eigenvalue weighted by atomic mass is 10.1. The van der Waals surface area contributed by atoms with E-state index >= 15 is 0 Å². The Bertz CT molecular complexity index is 1180. The Labute approximate surface area is 207 Å². The largest absolute Gasteiger partial charge is 0.483 e. The second-order valence-corrected chi connectivity index (χ2v) is 9.46. The quantitative estimate of drug-likeness (QED) is 0.415. The molecule has 0 spiro atoms. The third-order valence-electron chi connectivity index (χ3n) is 6.35. The van der Waals surface area contributed by atoms with Crippen LogP contribution >= 0.6 is 15.9 Å². The molecule has 4 rings (SSSR count). The number of nitrogens with zero attached hydrogens (tertiary/aromatic N) is 1. The molecule has 7 heteroatoms. The highest BCUT2D eigenvalue weighted by Crippen LogP contribution is 2.33. The van der Waals surface area contributed by atoms with Crippen molar-refractivity contribution >= 4 is 38.5 Å². The summed E-state index contributed by atoms with van der Waals surface area (Å²) < 4.78 is 21.0. The van der Waals surface area contributed by atoms with E-state index in [9.17, 15) is 14.0 Å². The molecule has 0 heterocycles. The van der Waals surface area contributed by atoms with Crippen LogP contribution in [0.25, 0.3) is 10.8 Å². The number of rotatable bonds is 8. The van der Waals surface area contributed by atoms with Gasteiger partial charge in [0.2, 0.25) is 5.91 Å². The van der Waals surface area contributed by atoms with Gasteiger partial charge in [0.15, 0.2) is 6.61 Å². The van der Waals surface area contributed by atoms with E-state index in [0.29, 0.717) is 11.3 Å². The van der Waals surface area contributed by atoms with Gasteiger partial charge in [0.1, 0.15) is 17.6 Å². The van der Waals surface area contributed by atoms with E-state index in [2.05, 4.69) is 21.2 Å². The van der Waals surface area contributed by atoms with Gasteiger partial charge in [-0.2, -0.15) is 0 Å². The summed E-state index contributed by atoms with van der Waals surface area (Å²) in [5.41, 5.74) is 0.350. The van der Waals surface area contributed by atoms with Gasteiger partial charge in [-0.3, -0.25) is 9.59 Å². The minimum absolute atomic E-state index is 0.0208. The number of hydrogen-bond acceptors (Lipinski definition) is 3. The summed E-state index contributed by atoms with van der Waals surface area (Å²) in [4.78, 5) is 27.6. The average molecular weight is 527 g/mol. The van der Waals surface area contributed by atoms with Gasteiger partial charge >= 0.3 is 0 Å². The normalized spacial score (nSPS) is 14.7.